The van der Waals surface area contributed by atoms with Gasteiger partial charge in [-0.3, -0.25) is 4.79 Å². The molecule has 0 radical (unpaired) electrons. The standard InChI is InChI=1S/C18H14F5NO4/c1-26-14-8-4-5-11(16(14)27-17(19)20)9-10-15(25)24-12-6-2-3-7-13(12)28-18(21,22)23/h2-10,17H,1H3,(H,24,25)/b10-9+. The number of carbonyl (C=O) groups is 1. The van der Waals surface area contributed by atoms with Crippen molar-refractivity contribution in [1.29, 1.82) is 0 Å². The molecule has 0 aliphatic rings. The maximum atomic E-state index is 12.6. The van der Waals surface area contributed by atoms with Crippen molar-refractivity contribution in [3.8, 4) is 17.2 Å². The average molecular weight is 403 g/mol. The number of nitrogens with one attached hydrogen (secondary N) is 1. The van der Waals surface area contributed by atoms with Crippen LogP contribution in [0, 0.1) is 0 Å². The smallest absolute Gasteiger partial charge is 0.493 e. The number of alkyl halides is 5. The lowest BCUT2D eigenvalue weighted by Crippen LogP contribution is -2.19. The van der Waals surface area contributed by atoms with E-state index in [1.54, 1.807) is 0 Å². The maximum absolute atomic E-state index is 12.6. The molecule has 28 heavy (non-hydrogen) atoms. The summed E-state index contributed by atoms with van der Waals surface area (Å²) in [6.45, 7) is -3.12. The third-order valence-corrected chi connectivity index (χ3v) is 3.22. The molecule has 0 saturated carbocycles. The van der Waals surface area contributed by atoms with Gasteiger partial charge in [-0.2, -0.15) is 8.78 Å². The van der Waals surface area contributed by atoms with Gasteiger partial charge in [-0.15, -0.1) is 13.2 Å². The Labute approximate surface area is 156 Å². The fourth-order valence-corrected chi connectivity index (χ4v) is 2.16. The van der Waals surface area contributed by atoms with Crippen LogP contribution in [0.3, 0.4) is 0 Å². The molecule has 2 aromatic carbocycles. The minimum absolute atomic E-state index is 0.0202. The van der Waals surface area contributed by atoms with E-state index >= 15 is 0 Å². The molecular weight excluding hydrogens is 389 g/mol. The second-order valence-electron chi connectivity index (χ2n) is 5.12. The number of hydrogen-bond donors (Lipinski definition) is 1. The first-order chi connectivity index (χ1) is 13.2. The molecule has 5 nitrogen and oxygen atoms in total. The number of methoxy groups -OCH3 is 1. The van der Waals surface area contributed by atoms with Crippen molar-refractivity contribution in [2.45, 2.75) is 13.0 Å². The fraction of sp³-hybridized carbons (Fsp3) is 0.167. The minimum Gasteiger partial charge on any atom is -0.493 e. The number of benzene rings is 2. The zero-order chi connectivity index (χ0) is 20.7. The van der Waals surface area contributed by atoms with Crippen LogP contribution >= 0.6 is 0 Å². The van der Waals surface area contributed by atoms with Crippen LogP contribution in [0.25, 0.3) is 6.08 Å². The van der Waals surface area contributed by atoms with Gasteiger partial charge in [-0.05, 0) is 24.3 Å². The molecule has 0 heterocycles. The van der Waals surface area contributed by atoms with Crippen molar-refractivity contribution in [3.63, 3.8) is 0 Å². The number of para-hydroxylation sites is 3. The predicted octanol–water partition coefficient (Wildman–Crippen LogP) is 4.85. The molecule has 10 heteroatoms. The molecule has 0 unspecified atom stereocenters. The second-order valence-corrected chi connectivity index (χ2v) is 5.12. The van der Waals surface area contributed by atoms with Gasteiger partial charge in [0.15, 0.2) is 17.2 Å². The van der Waals surface area contributed by atoms with Crippen LogP contribution in [0.5, 0.6) is 17.2 Å². The highest BCUT2D eigenvalue weighted by Crippen LogP contribution is 2.33. The third-order valence-electron chi connectivity index (χ3n) is 3.22. The highest BCUT2D eigenvalue weighted by Gasteiger charge is 2.32. The van der Waals surface area contributed by atoms with E-state index in [9.17, 15) is 26.7 Å². The highest BCUT2D eigenvalue weighted by atomic mass is 19.4. The molecule has 0 aliphatic carbocycles. The summed E-state index contributed by atoms with van der Waals surface area (Å²) in [5, 5.41) is 2.22. The van der Waals surface area contributed by atoms with E-state index in [0.717, 1.165) is 18.2 Å². The van der Waals surface area contributed by atoms with Gasteiger partial charge in [0.1, 0.15) is 0 Å². The van der Waals surface area contributed by atoms with E-state index in [0.29, 0.717) is 0 Å². The van der Waals surface area contributed by atoms with Crippen LogP contribution < -0.4 is 19.5 Å². The average Bonchev–Trinajstić information content (AvgIpc) is 2.60. The molecule has 0 spiro atoms. The van der Waals surface area contributed by atoms with E-state index in [4.69, 9.17) is 4.74 Å². The molecule has 1 amide bonds. The number of ether oxygens (including phenoxy) is 3. The first kappa shape index (κ1) is 21.0. The summed E-state index contributed by atoms with van der Waals surface area (Å²) in [6, 6.07) is 9.22. The van der Waals surface area contributed by atoms with Crippen molar-refractivity contribution in [2.24, 2.45) is 0 Å². The van der Waals surface area contributed by atoms with Crippen molar-refractivity contribution >= 4 is 17.7 Å². The van der Waals surface area contributed by atoms with Crippen molar-refractivity contribution in [1.82, 2.24) is 0 Å². The Morgan fingerprint density at radius 1 is 1.07 bits per heavy atom. The number of anilines is 1. The summed E-state index contributed by atoms with van der Waals surface area (Å²) in [5.74, 6) is -1.68. The Balaban J connectivity index is 2.20. The first-order valence-corrected chi connectivity index (χ1v) is 7.65. The Bertz CT molecular complexity index is 852. The predicted molar refractivity (Wildman–Crippen MR) is 90.4 cm³/mol. The van der Waals surface area contributed by atoms with Crippen LogP contribution in [-0.4, -0.2) is 26.0 Å². The fourth-order valence-electron chi connectivity index (χ4n) is 2.16. The van der Waals surface area contributed by atoms with Crippen LogP contribution in [0.1, 0.15) is 5.56 Å². The molecule has 2 rings (SSSR count). The zero-order valence-corrected chi connectivity index (χ0v) is 14.3. The normalized spacial score (nSPS) is 11.5. The van der Waals surface area contributed by atoms with Crippen molar-refractivity contribution in [2.75, 3.05) is 12.4 Å². The summed E-state index contributed by atoms with van der Waals surface area (Å²) in [4.78, 5) is 12.0. The Hall–Kier alpha value is -3.30. The van der Waals surface area contributed by atoms with Gasteiger partial charge in [0.2, 0.25) is 5.91 Å². The molecule has 0 bridgehead atoms. The quantitative estimate of drug-likeness (QED) is 0.531. The molecular formula is C18H14F5NO4. The van der Waals surface area contributed by atoms with Gasteiger partial charge < -0.3 is 19.5 Å². The number of amides is 1. The number of carbonyl (C=O) groups excluding carboxylic acids is 1. The first-order valence-electron chi connectivity index (χ1n) is 7.65. The molecule has 150 valence electrons. The van der Waals surface area contributed by atoms with E-state index in [2.05, 4.69) is 14.8 Å². The Morgan fingerprint density at radius 3 is 2.39 bits per heavy atom. The van der Waals surface area contributed by atoms with Gasteiger partial charge in [-0.1, -0.05) is 24.3 Å². The molecule has 0 atom stereocenters. The summed E-state index contributed by atoms with van der Waals surface area (Å²) in [5.41, 5.74) is -0.112. The zero-order valence-electron chi connectivity index (χ0n) is 14.3. The van der Waals surface area contributed by atoms with Crippen LogP contribution in [0.2, 0.25) is 0 Å². The monoisotopic (exact) mass is 403 g/mol. The SMILES string of the molecule is COc1cccc(/C=C/C(=O)Nc2ccccc2OC(F)(F)F)c1OC(F)F. The van der Waals surface area contributed by atoms with Gasteiger partial charge in [0, 0.05) is 11.6 Å². The third kappa shape index (κ3) is 6.15. The largest absolute Gasteiger partial charge is 0.573 e. The molecule has 0 saturated heterocycles. The molecule has 1 N–H and O–H groups in total. The lowest BCUT2D eigenvalue weighted by Gasteiger charge is -2.13. The van der Waals surface area contributed by atoms with Crippen molar-refractivity contribution in [3.05, 3.63) is 54.1 Å². The highest BCUT2D eigenvalue weighted by molar-refractivity contribution is 6.03. The summed E-state index contributed by atoms with van der Waals surface area (Å²) >= 11 is 0. The van der Waals surface area contributed by atoms with E-state index in [1.807, 2.05) is 0 Å². The van der Waals surface area contributed by atoms with Crippen LogP contribution in [0.15, 0.2) is 48.5 Å². The Morgan fingerprint density at radius 2 is 1.75 bits per heavy atom. The Kier molecular flexibility index (Phi) is 6.80. The number of halogens is 5. The second kappa shape index (κ2) is 9.07. The van der Waals surface area contributed by atoms with E-state index in [-0.39, 0.29) is 22.7 Å². The minimum atomic E-state index is -4.93. The van der Waals surface area contributed by atoms with Gasteiger partial charge in [0.25, 0.3) is 0 Å². The van der Waals surface area contributed by atoms with E-state index in [1.165, 1.54) is 43.5 Å². The van der Waals surface area contributed by atoms with Gasteiger partial charge >= 0.3 is 13.0 Å². The molecule has 0 aromatic heterocycles. The van der Waals surface area contributed by atoms with Gasteiger partial charge in [0.05, 0.1) is 12.8 Å². The van der Waals surface area contributed by atoms with Gasteiger partial charge in [-0.25, -0.2) is 0 Å². The molecule has 0 aliphatic heterocycles. The van der Waals surface area contributed by atoms with Crippen molar-refractivity contribution < 1.29 is 41.0 Å². The van der Waals surface area contributed by atoms with Crippen LogP contribution in [0.4, 0.5) is 27.6 Å². The summed E-state index contributed by atoms with van der Waals surface area (Å²) in [7, 11) is 1.26. The van der Waals surface area contributed by atoms with Crippen LogP contribution in [-0.2, 0) is 4.79 Å². The maximum Gasteiger partial charge on any atom is 0.573 e. The number of rotatable bonds is 7. The lowest BCUT2D eigenvalue weighted by atomic mass is 10.1. The lowest BCUT2D eigenvalue weighted by molar-refractivity contribution is -0.274. The summed E-state index contributed by atoms with van der Waals surface area (Å²) < 4.78 is 75.6. The van der Waals surface area contributed by atoms with E-state index < -0.39 is 24.6 Å². The number of hydrogen-bond acceptors (Lipinski definition) is 4. The topological polar surface area (TPSA) is 56.8 Å². The summed E-state index contributed by atoms with van der Waals surface area (Å²) in [6.07, 6.45) is -2.83. The molecule has 0 fully saturated rings. The molecule has 2 aromatic rings.